The first-order chi connectivity index (χ1) is 10.1. The Labute approximate surface area is 122 Å². The van der Waals surface area contributed by atoms with E-state index in [1.807, 2.05) is 0 Å². The fourth-order valence-corrected chi connectivity index (χ4v) is 2.51. The largest absolute Gasteiger partial charge is 0.508 e. The van der Waals surface area contributed by atoms with E-state index in [9.17, 15) is 9.50 Å². The summed E-state index contributed by atoms with van der Waals surface area (Å²) < 4.78 is 25.2. The minimum absolute atomic E-state index is 0.0603. The second kappa shape index (κ2) is 5.85. The Balaban J connectivity index is 1.80. The van der Waals surface area contributed by atoms with Crippen LogP contribution in [0.1, 0.15) is 18.4 Å². The molecule has 3 rings (SSSR count). The fraction of sp³-hybridized carbons (Fsp3) is 0.438. The molecule has 0 spiro atoms. The molecule has 2 heterocycles. The molecule has 0 saturated carbocycles. The first-order valence-corrected chi connectivity index (χ1v) is 7.14. The second-order valence-corrected chi connectivity index (χ2v) is 5.45. The second-order valence-electron chi connectivity index (χ2n) is 5.45. The summed E-state index contributed by atoms with van der Waals surface area (Å²) in [5.74, 6) is 0.200. The van der Waals surface area contributed by atoms with Gasteiger partial charge in [0.1, 0.15) is 11.3 Å². The van der Waals surface area contributed by atoms with E-state index in [1.54, 1.807) is 12.1 Å². The van der Waals surface area contributed by atoms with Crippen LogP contribution < -0.4 is 4.74 Å². The minimum atomic E-state index is -0.503. The van der Waals surface area contributed by atoms with Gasteiger partial charge < -0.3 is 14.6 Å². The summed E-state index contributed by atoms with van der Waals surface area (Å²) >= 11 is 0. The van der Waals surface area contributed by atoms with Gasteiger partial charge in [-0.05, 0) is 31.9 Å². The molecule has 0 bridgehead atoms. The number of benzene rings is 1. The number of aromatic hydroxyl groups is 1. The molecule has 1 unspecified atom stereocenters. The van der Waals surface area contributed by atoms with E-state index < -0.39 is 5.82 Å². The van der Waals surface area contributed by atoms with E-state index in [-0.39, 0.29) is 16.8 Å². The van der Waals surface area contributed by atoms with Crippen molar-refractivity contribution in [2.24, 2.45) is 5.92 Å². The molecule has 1 aliphatic rings. The number of pyridine rings is 1. The SMILES string of the molecule is Cc1c(O)cc2ccc(OCC3CCCOC3)nc2c1F. The molecule has 0 amide bonds. The van der Waals surface area contributed by atoms with E-state index in [0.29, 0.717) is 30.4 Å². The zero-order chi connectivity index (χ0) is 14.8. The zero-order valence-electron chi connectivity index (χ0n) is 11.9. The van der Waals surface area contributed by atoms with Crippen LogP contribution >= 0.6 is 0 Å². The number of fused-ring (bicyclic) bond motifs is 1. The average molecular weight is 291 g/mol. The van der Waals surface area contributed by atoms with Crippen LogP contribution in [0.25, 0.3) is 10.9 Å². The van der Waals surface area contributed by atoms with Crippen molar-refractivity contribution in [1.82, 2.24) is 4.98 Å². The van der Waals surface area contributed by atoms with Crippen molar-refractivity contribution in [2.75, 3.05) is 19.8 Å². The number of nitrogens with zero attached hydrogens (tertiary/aromatic N) is 1. The molecular formula is C16H18FNO3. The van der Waals surface area contributed by atoms with Crippen LogP contribution in [-0.4, -0.2) is 29.9 Å². The molecule has 21 heavy (non-hydrogen) atoms. The lowest BCUT2D eigenvalue weighted by molar-refractivity contribution is 0.0345. The molecule has 1 N–H and O–H groups in total. The Morgan fingerprint density at radius 1 is 1.48 bits per heavy atom. The van der Waals surface area contributed by atoms with Gasteiger partial charge in [0.25, 0.3) is 0 Å². The van der Waals surface area contributed by atoms with Crippen molar-refractivity contribution in [2.45, 2.75) is 19.8 Å². The monoisotopic (exact) mass is 291 g/mol. The summed E-state index contributed by atoms with van der Waals surface area (Å²) in [6.45, 7) is 3.57. The van der Waals surface area contributed by atoms with E-state index in [2.05, 4.69) is 4.98 Å². The highest BCUT2D eigenvalue weighted by Gasteiger charge is 2.16. The lowest BCUT2D eigenvalue weighted by atomic mass is 10.0. The highest BCUT2D eigenvalue weighted by atomic mass is 19.1. The lowest BCUT2D eigenvalue weighted by Crippen LogP contribution is -2.23. The molecule has 1 saturated heterocycles. The summed E-state index contributed by atoms with van der Waals surface area (Å²) in [6.07, 6.45) is 2.13. The van der Waals surface area contributed by atoms with Crippen LogP contribution in [0.5, 0.6) is 11.6 Å². The molecule has 2 aromatic rings. The van der Waals surface area contributed by atoms with Gasteiger partial charge in [-0.25, -0.2) is 9.37 Å². The van der Waals surface area contributed by atoms with Crippen molar-refractivity contribution in [3.8, 4) is 11.6 Å². The fourth-order valence-electron chi connectivity index (χ4n) is 2.51. The van der Waals surface area contributed by atoms with Crippen molar-refractivity contribution in [3.63, 3.8) is 0 Å². The average Bonchev–Trinajstić information content (AvgIpc) is 2.52. The third-order valence-corrected chi connectivity index (χ3v) is 3.84. The molecule has 1 fully saturated rings. The van der Waals surface area contributed by atoms with Crippen LogP contribution in [0.3, 0.4) is 0 Å². The summed E-state index contributed by atoms with van der Waals surface area (Å²) in [4.78, 5) is 4.21. The van der Waals surface area contributed by atoms with Gasteiger partial charge in [-0.2, -0.15) is 0 Å². The number of aromatic nitrogens is 1. The number of halogens is 1. The third-order valence-electron chi connectivity index (χ3n) is 3.84. The minimum Gasteiger partial charge on any atom is -0.508 e. The molecule has 4 nitrogen and oxygen atoms in total. The first-order valence-electron chi connectivity index (χ1n) is 7.14. The maximum absolute atomic E-state index is 14.1. The van der Waals surface area contributed by atoms with Crippen molar-refractivity contribution in [3.05, 3.63) is 29.6 Å². The van der Waals surface area contributed by atoms with Crippen molar-refractivity contribution >= 4 is 10.9 Å². The Bertz CT molecular complexity index is 654. The van der Waals surface area contributed by atoms with Crippen LogP contribution in [0.4, 0.5) is 4.39 Å². The van der Waals surface area contributed by atoms with Crippen LogP contribution in [0.15, 0.2) is 18.2 Å². The summed E-state index contributed by atoms with van der Waals surface area (Å²) in [5, 5.41) is 10.2. The van der Waals surface area contributed by atoms with E-state index >= 15 is 0 Å². The normalized spacial score (nSPS) is 18.9. The Hall–Kier alpha value is -1.88. The predicted molar refractivity (Wildman–Crippen MR) is 77.1 cm³/mol. The Morgan fingerprint density at radius 3 is 3.10 bits per heavy atom. The topological polar surface area (TPSA) is 51.6 Å². The highest BCUT2D eigenvalue weighted by molar-refractivity contribution is 5.82. The smallest absolute Gasteiger partial charge is 0.213 e. The summed E-state index contributed by atoms with van der Waals surface area (Å²) in [7, 11) is 0. The summed E-state index contributed by atoms with van der Waals surface area (Å²) in [5.41, 5.74) is 0.426. The highest BCUT2D eigenvalue weighted by Crippen LogP contribution is 2.28. The quantitative estimate of drug-likeness (QED) is 0.943. The van der Waals surface area contributed by atoms with Gasteiger partial charge in [0.05, 0.1) is 13.2 Å². The molecule has 1 aromatic carbocycles. The Morgan fingerprint density at radius 2 is 2.33 bits per heavy atom. The molecular weight excluding hydrogens is 273 g/mol. The number of ether oxygens (including phenoxy) is 2. The van der Waals surface area contributed by atoms with E-state index in [4.69, 9.17) is 9.47 Å². The van der Waals surface area contributed by atoms with Gasteiger partial charge in [0.2, 0.25) is 5.88 Å². The predicted octanol–water partition coefficient (Wildman–Crippen LogP) is 3.19. The lowest BCUT2D eigenvalue weighted by Gasteiger charge is -2.21. The number of rotatable bonds is 3. The van der Waals surface area contributed by atoms with Crippen LogP contribution in [0.2, 0.25) is 0 Å². The third kappa shape index (κ3) is 2.93. The molecule has 1 aliphatic heterocycles. The number of phenols is 1. The Kier molecular flexibility index (Phi) is 3.92. The van der Waals surface area contributed by atoms with E-state index in [0.717, 1.165) is 19.4 Å². The molecule has 5 heteroatoms. The van der Waals surface area contributed by atoms with Gasteiger partial charge in [0, 0.05) is 29.5 Å². The standard InChI is InChI=1S/C16H18FNO3/c1-10-13(19)7-12-4-5-14(18-16(12)15(10)17)21-9-11-3-2-6-20-8-11/h4-5,7,11,19H,2-3,6,8-9H2,1H3. The number of hydrogen-bond donors (Lipinski definition) is 1. The molecule has 1 aromatic heterocycles. The zero-order valence-corrected chi connectivity index (χ0v) is 11.9. The number of hydrogen-bond acceptors (Lipinski definition) is 4. The van der Waals surface area contributed by atoms with E-state index in [1.165, 1.54) is 13.0 Å². The maximum Gasteiger partial charge on any atom is 0.213 e. The molecule has 0 radical (unpaired) electrons. The van der Waals surface area contributed by atoms with Gasteiger partial charge in [-0.3, -0.25) is 0 Å². The molecule has 0 aliphatic carbocycles. The van der Waals surface area contributed by atoms with Crippen molar-refractivity contribution < 1.29 is 19.0 Å². The van der Waals surface area contributed by atoms with Crippen molar-refractivity contribution in [1.29, 1.82) is 0 Å². The van der Waals surface area contributed by atoms with Gasteiger partial charge in [-0.1, -0.05) is 0 Å². The number of phenolic OH excluding ortho intramolecular Hbond substituents is 1. The first kappa shape index (κ1) is 14.1. The maximum atomic E-state index is 14.1. The van der Waals surface area contributed by atoms with Gasteiger partial charge in [-0.15, -0.1) is 0 Å². The van der Waals surface area contributed by atoms with Crippen LogP contribution in [-0.2, 0) is 4.74 Å². The summed E-state index contributed by atoms with van der Waals surface area (Å²) in [6, 6.07) is 4.91. The van der Waals surface area contributed by atoms with Gasteiger partial charge in [0.15, 0.2) is 5.82 Å². The van der Waals surface area contributed by atoms with Gasteiger partial charge >= 0.3 is 0 Å². The van der Waals surface area contributed by atoms with Crippen LogP contribution in [0, 0.1) is 18.7 Å². The molecule has 112 valence electrons. The molecule has 1 atom stereocenters.